The van der Waals surface area contributed by atoms with E-state index in [-0.39, 0.29) is 11.6 Å². The van der Waals surface area contributed by atoms with Crippen molar-refractivity contribution in [1.82, 2.24) is 10.3 Å². The van der Waals surface area contributed by atoms with Crippen molar-refractivity contribution >= 4 is 11.3 Å². The van der Waals surface area contributed by atoms with Gasteiger partial charge in [-0.1, -0.05) is 39.0 Å². The van der Waals surface area contributed by atoms with Crippen LogP contribution in [0.25, 0.3) is 0 Å². The van der Waals surface area contributed by atoms with Crippen LogP contribution in [0.15, 0.2) is 29.6 Å². The highest BCUT2D eigenvalue weighted by molar-refractivity contribution is 7.09. The molecule has 1 atom stereocenters. The minimum Gasteiger partial charge on any atom is -0.305 e. The molecule has 2 aromatic rings. The summed E-state index contributed by atoms with van der Waals surface area (Å²) in [4.78, 5) is 4.65. The molecule has 1 heterocycles. The first-order chi connectivity index (χ1) is 10.0. The molecule has 0 aliphatic rings. The summed E-state index contributed by atoms with van der Waals surface area (Å²) in [6, 6.07) is 6.44. The van der Waals surface area contributed by atoms with E-state index in [9.17, 15) is 8.78 Å². The van der Waals surface area contributed by atoms with Gasteiger partial charge in [-0.15, -0.1) is 11.3 Å². The monoisotopic (exact) mass is 310 g/mol. The molecule has 0 fully saturated rings. The molecule has 0 bridgehead atoms. The highest BCUT2D eigenvalue weighted by atomic mass is 32.1. The molecule has 0 aliphatic heterocycles. The van der Waals surface area contributed by atoms with Crippen molar-refractivity contribution in [3.05, 3.63) is 51.5 Å². The molecule has 1 unspecified atom stereocenters. The van der Waals surface area contributed by atoms with Crippen molar-refractivity contribution in [2.75, 3.05) is 6.54 Å². The molecule has 1 aromatic carbocycles. The normalized spacial score (nSPS) is 13.1. The van der Waals surface area contributed by atoms with Crippen LogP contribution in [0.4, 0.5) is 8.78 Å². The summed E-state index contributed by atoms with van der Waals surface area (Å²) in [6.45, 7) is 6.94. The van der Waals surface area contributed by atoms with Gasteiger partial charge in [0, 0.05) is 10.9 Å². The SMILES string of the molecule is CCNC(c1cccc(C(F)F)c1)c1nc(C(C)C)cs1. The predicted molar refractivity (Wildman–Crippen MR) is 83.1 cm³/mol. The summed E-state index contributed by atoms with van der Waals surface area (Å²) in [7, 11) is 0. The molecule has 21 heavy (non-hydrogen) atoms. The molecule has 2 nitrogen and oxygen atoms in total. The third-order valence-corrected chi connectivity index (χ3v) is 4.21. The fourth-order valence-electron chi connectivity index (χ4n) is 2.12. The lowest BCUT2D eigenvalue weighted by atomic mass is 10.0. The van der Waals surface area contributed by atoms with E-state index in [1.807, 2.05) is 18.4 Å². The first kappa shape index (κ1) is 16.0. The van der Waals surface area contributed by atoms with Crippen molar-refractivity contribution in [3.8, 4) is 0 Å². The number of rotatable bonds is 6. The van der Waals surface area contributed by atoms with E-state index in [0.29, 0.717) is 5.92 Å². The van der Waals surface area contributed by atoms with Crippen LogP contribution in [0.1, 0.15) is 61.0 Å². The second-order valence-electron chi connectivity index (χ2n) is 5.23. The fraction of sp³-hybridized carbons (Fsp3) is 0.438. The summed E-state index contributed by atoms with van der Waals surface area (Å²) < 4.78 is 25.8. The molecule has 0 radical (unpaired) electrons. The van der Waals surface area contributed by atoms with E-state index in [1.165, 1.54) is 6.07 Å². The number of thiazole rings is 1. The molecule has 0 amide bonds. The Morgan fingerprint density at radius 2 is 1.95 bits per heavy atom. The van der Waals surface area contributed by atoms with E-state index in [2.05, 4.69) is 24.1 Å². The number of nitrogens with one attached hydrogen (secondary N) is 1. The van der Waals surface area contributed by atoms with Crippen LogP contribution < -0.4 is 5.32 Å². The Bertz CT molecular complexity index is 581. The zero-order chi connectivity index (χ0) is 15.4. The van der Waals surface area contributed by atoms with Crippen molar-refractivity contribution in [3.63, 3.8) is 0 Å². The Balaban J connectivity index is 2.35. The summed E-state index contributed by atoms with van der Waals surface area (Å²) in [5, 5.41) is 6.30. The van der Waals surface area contributed by atoms with Gasteiger partial charge in [-0.05, 0) is 24.1 Å². The molecular weight excluding hydrogens is 290 g/mol. The van der Waals surface area contributed by atoms with Crippen LogP contribution in [0.5, 0.6) is 0 Å². The van der Waals surface area contributed by atoms with E-state index in [4.69, 9.17) is 0 Å². The largest absolute Gasteiger partial charge is 0.305 e. The quantitative estimate of drug-likeness (QED) is 0.820. The highest BCUT2D eigenvalue weighted by Crippen LogP contribution is 2.29. The molecule has 0 aliphatic carbocycles. The van der Waals surface area contributed by atoms with Gasteiger partial charge in [-0.25, -0.2) is 13.8 Å². The molecule has 2 rings (SSSR count). The standard InChI is InChI=1S/C16H20F2N2S/c1-4-19-14(16-20-13(9-21-16)10(2)3)11-6-5-7-12(8-11)15(17)18/h5-10,14-15,19H,4H2,1-3H3. The minimum absolute atomic E-state index is 0.0519. The third kappa shape index (κ3) is 3.86. The number of halogens is 2. The first-order valence-electron chi connectivity index (χ1n) is 7.09. The zero-order valence-electron chi connectivity index (χ0n) is 12.4. The summed E-state index contributed by atoms with van der Waals surface area (Å²) in [6.07, 6.45) is -2.45. The number of hydrogen-bond donors (Lipinski definition) is 1. The maximum absolute atomic E-state index is 12.9. The van der Waals surface area contributed by atoms with Crippen molar-refractivity contribution in [1.29, 1.82) is 0 Å². The average Bonchev–Trinajstić information content (AvgIpc) is 2.94. The molecule has 0 spiro atoms. The molecule has 1 aromatic heterocycles. The van der Waals surface area contributed by atoms with Gasteiger partial charge < -0.3 is 5.32 Å². The lowest BCUT2D eigenvalue weighted by Crippen LogP contribution is -2.22. The Morgan fingerprint density at radius 3 is 2.52 bits per heavy atom. The molecule has 5 heteroatoms. The second kappa shape index (κ2) is 7.09. The first-order valence-corrected chi connectivity index (χ1v) is 7.97. The predicted octanol–water partition coefficient (Wildman–Crippen LogP) is 4.90. The van der Waals surface area contributed by atoms with Gasteiger partial charge in [0.1, 0.15) is 5.01 Å². The molecular formula is C16H20F2N2S. The number of alkyl halides is 2. The Labute approximate surface area is 128 Å². The lowest BCUT2D eigenvalue weighted by molar-refractivity contribution is 0.151. The summed E-state index contributed by atoms with van der Waals surface area (Å²) in [5.74, 6) is 0.365. The van der Waals surface area contributed by atoms with Crippen molar-refractivity contribution in [2.45, 2.75) is 39.2 Å². The van der Waals surface area contributed by atoms with Crippen LogP contribution in [0, 0.1) is 0 Å². The number of aromatic nitrogens is 1. The van der Waals surface area contributed by atoms with E-state index in [0.717, 1.165) is 22.8 Å². The van der Waals surface area contributed by atoms with Gasteiger partial charge in [0.05, 0.1) is 11.7 Å². The van der Waals surface area contributed by atoms with Crippen molar-refractivity contribution in [2.24, 2.45) is 0 Å². The molecule has 0 saturated heterocycles. The maximum atomic E-state index is 12.9. The summed E-state index contributed by atoms with van der Waals surface area (Å²) >= 11 is 1.57. The van der Waals surface area contributed by atoms with Gasteiger partial charge in [-0.2, -0.15) is 0 Å². The average molecular weight is 310 g/mol. The molecule has 114 valence electrons. The highest BCUT2D eigenvalue weighted by Gasteiger charge is 2.19. The number of nitrogens with zero attached hydrogens (tertiary/aromatic N) is 1. The van der Waals surface area contributed by atoms with Crippen LogP contribution >= 0.6 is 11.3 Å². The third-order valence-electron chi connectivity index (χ3n) is 3.28. The number of benzene rings is 1. The lowest BCUT2D eigenvalue weighted by Gasteiger charge is -2.17. The van der Waals surface area contributed by atoms with Crippen LogP contribution in [0.2, 0.25) is 0 Å². The Morgan fingerprint density at radius 1 is 1.24 bits per heavy atom. The van der Waals surface area contributed by atoms with Gasteiger partial charge in [0.15, 0.2) is 0 Å². The molecule has 0 saturated carbocycles. The molecule has 1 N–H and O–H groups in total. The van der Waals surface area contributed by atoms with E-state index >= 15 is 0 Å². The topological polar surface area (TPSA) is 24.9 Å². The Hall–Kier alpha value is -1.33. The van der Waals surface area contributed by atoms with Gasteiger partial charge in [0.25, 0.3) is 6.43 Å². The van der Waals surface area contributed by atoms with Crippen LogP contribution in [-0.2, 0) is 0 Å². The summed E-state index contributed by atoms with van der Waals surface area (Å²) in [5.41, 5.74) is 1.93. The maximum Gasteiger partial charge on any atom is 0.263 e. The van der Waals surface area contributed by atoms with Crippen LogP contribution in [0.3, 0.4) is 0 Å². The van der Waals surface area contributed by atoms with Crippen LogP contribution in [-0.4, -0.2) is 11.5 Å². The minimum atomic E-state index is -2.45. The van der Waals surface area contributed by atoms with E-state index in [1.54, 1.807) is 23.5 Å². The zero-order valence-corrected chi connectivity index (χ0v) is 13.3. The second-order valence-corrected chi connectivity index (χ2v) is 6.12. The van der Waals surface area contributed by atoms with Crippen molar-refractivity contribution < 1.29 is 8.78 Å². The Kier molecular flexibility index (Phi) is 5.42. The number of hydrogen-bond acceptors (Lipinski definition) is 3. The van der Waals surface area contributed by atoms with Gasteiger partial charge in [-0.3, -0.25) is 0 Å². The van der Waals surface area contributed by atoms with E-state index < -0.39 is 6.43 Å². The van der Waals surface area contributed by atoms with Gasteiger partial charge >= 0.3 is 0 Å². The fourth-order valence-corrected chi connectivity index (χ4v) is 3.20. The smallest absolute Gasteiger partial charge is 0.263 e. The van der Waals surface area contributed by atoms with Gasteiger partial charge in [0.2, 0.25) is 0 Å².